The van der Waals surface area contributed by atoms with Gasteiger partial charge in [-0.1, -0.05) is 6.07 Å². The summed E-state index contributed by atoms with van der Waals surface area (Å²) in [7, 11) is -0.276. The highest BCUT2D eigenvalue weighted by Gasteiger charge is 2.34. The summed E-state index contributed by atoms with van der Waals surface area (Å²) in [5.74, 6) is -0.182. The number of carbonyl (C=O) groups excluding carboxylic acids is 1. The predicted molar refractivity (Wildman–Crippen MR) is 101 cm³/mol. The minimum atomic E-state index is -3.84. The molecule has 1 heterocycles. The van der Waals surface area contributed by atoms with Gasteiger partial charge in [0.2, 0.25) is 15.9 Å². The second-order valence-corrected chi connectivity index (χ2v) is 8.65. The average Bonchev–Trinajstić information content (AvgIpc) is 2.65. The highest BCUT2D eigenvalue weighted by atomic mass is 32.2. The molecule has 0 saturated carbocycles. The topological polar surface area (TPSA) is 113 Å². The molecule has 150 valence electrons. The number of benzene rings is 1. The van der Waals surface area contributed by atoms with E-state index in [4.69, 9.17) is 0 Å². The minimum absolute atomic E-state index is 0.0221. The van der Waals surface area contributed by atoms with Crippen LogP contribution >= 0.6 is 0 Å². The third-order valence-electron chi connectivity index (χ3n) is 4.88. The van der Waals surface area contributed by atoms with E-state index >= 15 is 0 Å². The summed E-state index contributed by atoms with van der Waals surface area (Å²) >= 11 is 0. The second kappa shape index (κ2) is 8.77. The fourth-order valence-electron chi connectivity index (χ4n) is 3.16. The van der Waals surface area contributed by atoms with Crippen LogP contribution in [0.1, 0.15) is 18.4 Å². The molecule has 1 fully saturated rings. The Labute approximate surface area is 159 Å². The number of sulfonamides is 1. The molecule has 0 unspecified atom stereocenters. The number of carbonyl (C=O) groups is 1. The first kappa shape index (κ1) is 21.3. The predicted octanol–water partition coefficient (Wildman–Crippen LogP) is 0.982. The SMILES string of the molecule is CNCCN(C)C(=O)C1CCN(S(=O)(=O)c2cc([N+](=O)[O-])ccc2C)CC1. The molecule has 0 aromatic heterocycles. The molecule has 10 heteroatoms. The number of likely N-dealkylation sites (N-methyl/N-ethyl adjacent to an activating group) is 2. The van der Waals surface area contributed by atoms with Crippen molar-refractivity contribution in [2.45, 2.75) is 24.7 Å². The van der Waals surface area contributed by atoms with Crippen molar-refractivity contribution < 1.29 is 18.1 Å². The first-order valence-corrected chi connectivity index (χ1v) is 10.3. The number of hydrogen-bond donors (Lipinski definition) is 1. The second-order valence-electron chi connectivity index (χ2n) is 6.75. The van der Waals surface area contributed by atoms with E-state index < -0.39 is 14.9 Å². The van der Waals surface area contributed by atoms with Gasteiger partial charge in [-0.25, -0.2) is 8.42 Å². The number of nitro groups is 1. The molecule has 1 N–H and O–H groups in total. The van der Waals surface area contributed by atoms with Crippen LogP contribution in [0.3, 0.4) is 0 Å². The van der Waals surface area contributed by atoms with Crippen LogP contribution in [0.25, 0.3) is 0 Å². The van der Waals surface area contributed by atoms with Crippen molar-refractivity contribution in [3.8, 4) is 0 Å². The number of amides is 1. The van der Waals surface area contributed by atoms with Gasteiger partial charge in [0.15, 0.2) is 0 Å². The average molecular weight is 398 g/mol. The smallest absolute Gasteiger partial charge is 0.270 e. The molecule has 0 atom stereocenters. The quantitative estimate of drug-likeness (QED) is 0.541. The summed E-state index contributed by atoms with van der Waals surface area (Å²) in [6.45, 7) is 3.35. The maximum atomic E-state index is 12.9. The van der Waals surface area contributed by atoms with Crippen molar-refractivity contribution in [1.29, 1.82) is 0 Å². The van der Waals surface area contributed by atoms with E-state index in [1.807, 2.05) is 7.05 Å². The van der Waals surface area contributed by atoms with Crippen LogP contribution in [0, 0.1) is 23.0 Å². The number of rotatable bonds is 7. The zero-order chi connectivity index (χ0) is 20.2. The van der Waals surface area contributed by atoms with Gasteiger partial charge in [0.1, 0.15) is 0 Å². The Morgan fingerprint density at radius 1 is 1.37 bits per heavy atom. The van der Waals surface area contributed by atoms with Crippen LogP contribution < -0.4 is 5.32 Å². The zero-order valence-corrected chi connectivity index (χ0v) is 16.7. The largest absolute Gasteiger partial charge is 0.344 e. The lowest BCUT2D eigenvalue weighted by atomic mass is 9.97. The summed E-state index contributed by atoms with van der Waals surface area (Å²) in [4.78, 5) is 24.4. The van der Waals surface area contributed by atoms with Gasteiger partial charge in [-0.15, -0.1) is 0 Å². The number of aryl methyl sites for hydroxylation is 1. The van der Waals surface area contributed by atoms with Gasteiger partial charge in [0, 0.05) is 51.3 Å². The molecule has 0 aliphatic carbocycles. The third-order valence-corrected chi connectivity index (χ3v) is 6.92. The maximum absolute atomic E-state index is 12.9. The number of hydrogen-bond acceptors (Lipinski definition) is 6. The van der Waals surface area contributed by atoms with Crippen molar-refractivity contribution in [1.82, 2.24) is 14.5 Å². The Balaban J connectivity index is 2.10. The standard InChI is InChI=1S/C17H26N4O5S/c1-13-4-5-15(21(23)24)12-16(13)27(25,26)20-9-6-14(7-10-20)17(22)19(3)11-8-18-2/h4-5,12,14,18H,6-11H2,1-3H3. The highest BCUT2D eigenvalue weighted by molar-refractivity contribution is 7.89. The van der Waals surface area contributed by atoms with Gasteiger partial charge < -0.3 is 10.2 Å². The van der Waals surface area contributed by atoms with E-state index in [9.17, 15) is 23.3 Å². The Bertz CT molecular complexity index is 804. The Hall–Kier alpha value is -2.04. The van der Waals surface area contributed by atoms with Gasteiger partial charge in [-0.3, -0.25) is 14.9 Å². The molecule has 1 aromatic carbocycles. The molecule has 0 radical (unpaired) electrons. The fourth-order valence-corrected chi connectivity index (χ4v) is 4.88. The van der Waals surface area contributed by atoms with E-state index in [2.05, 4.69) is 5.32 Å². The first-order valence-electron chi connectivity index (χ1n) is 8.83. The molecule has 1 aromatic rings. The summed E-state index contributed by atoms with van der Waals surface area (Å²) in [5.41, 5.74) is 0.209. The molecule has 9 nitrogen and oxygen atoms in total. The van der Waals surface area contributed by atoms with Crippen LogP contribution in [-0.4, -0.2) is 68.7 Å². The van der Waals surface area contributed by atoms with Crippen LogP contribution in [-0.2, 0) is 14.8 Å². The zero-order valence-electron chi connectivity index (χ0n) is 15.8. The molecule has 1 saturated heterocycles. The van der Waals surface area contributed by atoms with E-state index in [1.54, 1.807) is 18.9 Å². The van der Waals surface area contributed by atoms with Crippen LogP contribution in [0.4, 0.5) is 5.69 Å². The van der Waals surface area contributed by atoms with Crippen molar-refractivity contribution in [3.05, 3.63) is 33.9 Å². The van der Waals surface area contributed by atoms with Gasteiger partial charge >= 0.3 is 0 Å². The third kappa shape index (κ3) is 4.82. The van der Waals surface area contributed by atoms with Crippen LogP contribution in [0.5, 0.6) is 0 Å². The number of piperidine rings is 1. The molecule has 1 amide bonds. The van der Waals surface area contributed by atoms with Crippen molar-refractivity contribution >= 4 is 21.6 Å². The molecule has 1 aliphatic heterocycles. The van der Waals surface area contributed by atoms with E-state index in [0.29, 0.717) is 31.5 Å². The highest BCUT2D eigenvalue weighted by Crippen LogP contribution is 2.28. The van der Waals surface area contributed by atoms with Gasteiger partial charge in [-0.2, -0.15) is 4.31 Å². The lowest BCUT2D eigenvalue weighted by Crippen LogP contribution is -2.44. The summed E-state index contributed by atoms with van der Waals surface area (Å²) < 4.78 is 27.2. The van der Waals surface area contributed by atoms with Gasteiger partial charge in [0.05, 0.1) is 9.82 Å². The molecule has 0 spiro atoms. The van der Waals surface area contributed by atoms with Crippen LogP contribution in [0.15, 0.2) is 23.1 Å². The Kier molecular flexibility index (Phi) is 6.90. The monoisotopic (exact) mass is 398 g/mol. The number of nitrogens with one attached hydrogen (secondary N) is 1. The number of nitro benzene ring substituents is 1. The van der Waals surface area contributed by atoms with Crippen molar-refractivity contribution in [2.75, 3.05) is 40.3 Å². The van der Waals surface area contributed by atoms with Crippen molar-refractivity contribution in [3.63, 3.8) is 0 Å². The lowest BCUT2D eigenvalue weighted by Gasteiger charge is -2.32. The summed E-state index contributed by atoms with van der Waals surface area (Å²) in [6, 6.07) is 3.84. The summed E-state index contributed by atoms with van der Waals surface area (Å²) in [5, 5.41) is 14.0. The van der Waals surface area contributed by atoms with Crippen molar-refractivity contribution in [2.24, 2.45) is 5.92 Å². The van der Waals surface area contributed by atoms with Gasteiger partial charge in [-0.05, 0) is 32.4 Å². The first-order chi connectivity index (χ1) is 12.7. The molecule has 2 rings (SSSR count). The number of non-ortho nitro benzene ring substituents is 1. The normalized spacial score (nSPS) is 16.3. The molecule has 27 heavy (non-hydrogen) atoms. The number of nitrogens with zero attached hydrogens (tertiary/aromatic N) is 3. The Morgan fingerprint density at radius 3 is 2.56 bits per heavy atom. The Morgan fingerprint density at radius 2 is 2.00 bits per heavy atom. The molecule has 1 aliphatic rings. The van der Waals surface area contributed by atoms with E-state index in [1.165, 1.54) is 16.4 Å². The molecular formula is C17H26N4O5S. The van der Waals surface area contributed by atoms with Gasteiger partial charge in [0.25, 0.3) is 5.69 Å². The van der Waals surface area contributed by atoms with E-state index in [-0.39, 0.29) is 35.5 Å². The van der Waals surface area contributed by atoms with E-state index in [0.717, 1.165) is 6.07 Å². The summed E-state index contributed by atoms with van der Waals surface area (Å²) in [6.07, 6.45) is 0.881. The lowest BCUT2D eigenvalue weighted by molar-refractivity contribution is -0.385. The maximum Gasteiger partial charge on any atom is 0.270 e. The minimum Gasteiger partial charge on any atom is -0.344 e. The molecule has 0 bridgehead atoms. The molecular weight excluding hydrogens is 372 g/mol. The van der Waals surface area contributed by atoms with Crippen LogP contribution in [0.2, 0.25) is 0 Å². The fraction of sp³-hybridized carbons (Fsp3) is 0.588.